The molecule has 1 atom stereocenters. The Morgan fingerprint density at radius 3 is 2.54 bits per heavy atom. The van der Waals surface area contributed by atoms with Crippen LogP contribution in [-0.2, 0) is 0 Å². The van der Waals surface area contributed by atoms with Gasteiger partial charge in [-0.1, -0.05) is 25.5 Å². The van der Waals surface area contributed by atoms with Gasteiger partial charge in [-0.05, 0) is 44.5 Å². The predicted octanol–water partition coefficient (Wildman–Crippen LogP) is 2.73. The van der Waals surface area contributed by atoms with Gasteiger partial charge in [-0.3, -0.25) is 4.90 Å². The molecule has 1 unspecified atom stereocenters. The summed E-state index contributed by atoms with van der Waals surface area (Å²) in [6.07, 6.45) is 4.98. The lowest BCUT2D eigenvalue weighted by molar-refractivity contribution is 0.0417. The summed E-state index contributed by atoms with van der Waals surface area (Å²) in [5.41, 5.74) is 0. The summed E-state index contributed by atoms with van der Waals surface area (Å²) in [6, 6.07) is 8.07. The zero-order chi connectivity index (χ0) is 18.4. The van der Waals surface area contributed by atoms with E-state index in [0.29, 0.717) is 19.1 Å². The number of methoxy groups -OCH3 is 1. The molecule has 6 heteroatoms. The molecule has 2 saturated heterocycles. The van der Waals surface area contributed by atoms with Gasteiger partial charge in [0.25, 0.3) is 0 Å². The van der Waals surface area contributed by atoms with E-state index in [-0.39, 0.29) is 12.1 Å². The highest BCUT2D eigenvalue weighted by molar-refractivity contribution is 5.75. The smallest absolute Gasteiger partial charge is 0.317 e. The number of urea groups is 1. The van der Waals surface area contributed by atoms with Gasteiger partial charge >= 0.3 is 6.03 Å². The molecule has 1 aromatic rings. The lowest BCUT2D eigenvalue weighted by atomic mass is 10.1. The number of hydrogen-bond acceptors (Lipinski definition) is 4. The molecule has 2 aliphatic rings. The first kappa shape index (κ1) is 18.8. The number of ether oxygens (including phenoxy) is 2. The molecule has 2 fully saturated rings. The molecule has 0 aromatic heterocycles. The van der Waals surface area contributed by atoms with Gasteiger partial charge in [-0.25, -0.2) is 4.79 Å². The Morgan fingerprint density at radius 1 is 1.19 bits per heavy atom. The summed E-state index contributed by atoms with van der Waals surface area (Å²) in [7, 11) is 1.63. The number of benzene rings is 1. The molecule has 0 bridgehead atoms. The average molecular weight is 361 g/mol. The van der Waals surface area contributed by atoms with E-state index in [0.717, 1.165) is 37.6 Å². The summed E-state index contributed by atoms with van der Waals surface area (Å²) in [4.78, 5) is 16.7. The maximum Gasteiger partial charge on any atom is 0.317 e. The fraction of sp³-hybridized carbons (Fsp3) is 0.650. The van der Waals surface area contributed by atoms with Crippen molar-refractivity contribution in [1.29, 1.82) is 0 Å². The number of rotatable bonds is 7. The zero-order valence-corrected chi connectivity index (χ0v) is 15.9. The molecular weight excluding hydrogens is 330 g/mol. The Labute approximate surface area is 156 Å². The number of nitrogens with zero attached hydrogens (tertiary/aromatic N) is 2. The van der Waals surface area contributed by atoms with E-state index in [1.165, 1.54) is 19.3 Å². The van der Waals surface area contributed by atoms with Crippen LogP contribution in [0.5, 0.6) is 11.5 Å². The lowest BCUT2D eigenvalue weighted by Gasteiger charge is -2.40. The summed E-state index contributed by atoms with van der Waals surface area (Å²) in [5, 5.41) is 3.10. The Kier molecular flexibility index (Phi) is 6.61. The third-order valence-electron chi connectivity index (χ3n) is 5.37. The zero-order valence-electron chi connectivity index (χ0n) is 15.9. The van der Waals surface area contributed by atoms with Gasteiger partial charge in [0.15, 0.2) is 11.5 Å². The van der Waals surface area contributed by atoms with Crippen molar-refractivity contribution >= 4 is 6.03 Å². The van der Waals surface area contributed by atoms with Gasteiger partial charge in [-0.2, -0.15) is 0 Å². The van der Waals surface area contributed by atoms with Crippen LogP contribution in [0.3, 0.4) is 0 Å². The van der Waals surface area contributed by atoms with Gasteiger partial charge in [0, 0.05) is 12.6 Å². The highest BCUT2D eigenvalue weighted by Gasteiger charge is 2.33. The largest absolute Gasteiger partial charge is 0.493 e. The van der Waals surface area contributed by atoms with Crippen molar-refractivity contribution < 1.29 is 14.3 Å². The lowest BCUT2D eigenvalue weighted by Crippen LogP contribution is -2.60. The third-order valence-corrected chi connectivity index (χ3v) is 5.37. The molecule has 1 aromatic carbocycles. The highest BCUT2D eigenvalue weighted by Crippen LogP contribution is 2.28. The number of amides is 2. The molecular formula is C20H31N3O3. The van der Waals surface area contributed by atoms with Crippen molar-refractivity contribution in [3.8, 4) is 11.5 Å². The second kappa shape index (κ2) is 9.12. The standard InChI is InChI=1S/C20H31N3O3/c1-3-16(22-11-7-4-8-12-22)13-21-20(24)23-14-17(15-23)26-19-10-6-5-9-18(19)25-2/h5-6,9-10,16-17H,3-4,7-8,11-15H2,1-2H3,(H,21,24). The summed E-state index contributed by atoms with van der Waals surface area (Å²) in [5.74, 6) is 1.46. The fourth-order valence-corrected chi connectivity index (χ4v) is 3.71. The second-order valence-electron chi connectivity index (χ2n) is 7.14. The van der Waals surface area contributed by atoms with Gasteiger partial charge < -0.3 is 19.7 Å². The van der Waals surface area contributed by atoms with Crippen molar-refractivity contribution in [2.45, 2.75) is 44.8 Å². The van der Waals surface area contributed by atoms with Crippen LogP contribution in [0.1, 0.15) is 32.6 Å². The molecule has 2 heterocycles. The van der Waals surface area contributed by atoms with E-state index in [9.17, 15) is 4.79 Å². The maximum atomic E-state index is 12.4. The van der Waals surface area contributed by atoms with E-state index < -0.39 is 0 Å². The minimum atomic E-state index is 0.0142. The summed E-state index contributed by atoms with van der Waals surface area (Å²) < 4.78 is 11.2. The first-order valence-corrected chi connectivity index (χ1v) is 9.77. The summed E-state index contributed by atoms with van der Waals surface area (Å²) >= 11 is 0. The number of likely N-dealkylation sites (tertiary alicyclic amines) is 2. The molecule has 0 radical (unpaired) electrons. The predicted molar refractivity (Wildman–Crippen MR) is 102 cm³/mol. The average Bonchev–Trinajstić information content (AvgIpc) is 2.65. The minimum Gasteiger partial charge on any atom is -0.493 e. The number of carbonyl (C=O) groups is 1. The molecule has 0 aliphatic carbocycles. The Hall–Kier alpha value is -1.95. The molecule has 2 aliphatic heterocycles. The van der Waals surface area contributed by atoms with Crippen LogP contribution in [-0.4, -0.2) is 67.8 Å². The van der Waals surface area contributed by atoms with Crippen molar-refractivity contribution in [2.24, 2.45) is 0 Å². The Bertz CT molecular complexity index is 583. The van der Waals surface area contributed by atoms with Crippen LogP contribution < -0.4 is 14.8 Å². The normalized spacial score (nSPS) is 19.5. The molecule has 1 N–H and O–H groups in total. The third kappa shape index (κ3) is 4.61. The second-order valence-corrected chi connectivity index (χ2v) is 7.14. The first-order valence-electron chi connectivity index (χ1n) is 9.77. The van der Waals surface area contributed by atoms with Crippen molar-refractivity contribution in [1.82, 2.24) is 15.1 Å². The number of para-hydroxylation sites is 2. The molecule has 0 saturated carbocycles. The van der Waals surface area contributed by atoms with Crippen molar-refractivity contribution in [3.63, 3.8) is 0 Å². The molecule has 144 valence electrons. The van der Waals surface area contributed by atoms with Crippen molar-refractivity contribution in [2.75, 3.05) is 39.8 Å². The van der Waals surface area contributed by atoms with E-state index in [1.54, 1.807) is 7.11 Å². The van der Waals surface area contributed by atoms with Crippen LogP contribution in [0.25, 0.3) is 0 Å². The molecule has 0 spiro atoms. The van der Waals surface area contributed by atoms with Crippen LogP contribution in [0.15, 0.2) is 24.3 Å². The molecule has 26 heavy (non-hydrogen) atoms. The van der Waals surface area contributed by atoms with Gasteiger partial charge in [0.1, 0.15) is 6.10 Å². The van der Waals surface area contributed by atoms with Gasteiger partial charge in [-0.15, -0.1) is 0 Å². The van der Waals surface area contributed by atoms with Gasteiger partial charge in [0.2, 0.25) is 0 Å². The molecule has 2 amide bonds. The number of piperidine rings is 1. The SMILES string of the molecule is CCC(CNC(=O)N1CC(Oc2ccccc2OC)C1)N1CCCCC1. The van der Waals surface area contributed by atoms with Crippen LogP contribution in [0.4, 0.5) is 4.79 Å². The Morgan fingerprint density at radius 2 is 1.88 bits per heavy atom. The topological polar surface area (TPSA) is 54.0 Å². The minimum absolute atomic E-state index is 0.0142. The summed E-state index contributed by atoms with van der Waals surface area (Å²) in [6.45, 7) is 6.48. The number of hydrogen-bond donors (Lipinski definition) is 1. The monoisotopic (exact) mass is 361 g/mol. The maximum absolute atomic E-state index is 12.4. The molecule has 3 rings (SSSR count). The van der Waals surface area contributed by atoms with Crippen LogP contribution in [0, 0.1) is 0 Å². The Balaban J connectivity index is 1.40. The van der Waals surface area contributed by atoms with Crippen LogP contribution in [0.2, 0.25) is 0 Å². The number of nitrogens with one attached hydrogen (secondary N) is 1. The highest BCUT2D eigenvalue weighted by atomic mass is 16.5. The molecule has 6 nitrogen and oxygen atoms in total. The van der Waals surface area contributed by atoms with E-state index >= 15 is 0 Å². The first-order chi connectivity index (χ1) is 12.7. The van der Waals surface area contributed by atoms with Gasteiger partial charge in [0.05, 0.1) is 20.2 Å². The number of carbonyl (C=O) groups excluding carboxylic acids is 1. The van der Waals surface area contributed by atoms with E-state index in [2.05, 4.69) is 17.1 Å². The fourth-order valence-electron chi connectivity index (χ4n) is 3.71. The quantitative estimate of drug-likeness (QED) is 0.811. The van der Waals surface area contributed by atoms with E-state index in [4.69, 9.17) is 9.47 Å². The van der Waals surface area contributed by atoms with Crippen molar-refractivity contribution in [3.05, 3.63) is 24.3 Å². The van der Waals surface area contributed by atoms with Crippen LogP contribution >= 0.6 is 0 Å². The van der Waals surface area contributed by atoms with E-state index in [1.807, 2.05) is 29.2 Å².